The normalized spacial score (nSPS) is 14.5. The Balaban J connectivity index is 3.65. The second-order valence-corrected chi connectivity index (χ2v) is 6.87. The lowest BCUT2D eigenvalue weighted by Crippen LogP contribution is -2.37. The minimum atomic E-state index is -1.11. The molecule has 1 aromatic heterocycles. The summed E-state index contributed by atoms with van der Waals surface area (Å²) in [4.78, 5) is 12.7. The van der Waals surface area contributed by atoms with Crippen LogP contribution in [0.15, 0.2) is 16.9 Å². The third-order valence-corrected chi connectivity index (χ3v) is 3.58. The topological polar surface area (TPSA) is 42.2 Å². The fourth-order valence-electron chi connectivity index (χ4n) is 2.25. The van der Waals surface area contributed by atoms with E-state index in [1.807, 2.05) is 17.6 Å². The van der Waals surface area contributed by atoms with Crippen molar-refractivity contribution in [1.82, 2.24) is 4.57 Å². The Bertz CT molecular complexity index is 501. The average molecular weight is 265 g/mol. The lowest BCUT2D eigenvalue weighted by atomic mass is 9.89. The van der Waals surface area contributed by atoms with Crippen LogP contribution in [0.3, 0.4) is 0 Å². The molecule has 0 aromatic carbocycles. The molecule has 1 unspecified atom stereocenters. The molecular weight excluding hydrogens is 238 g/mol. The Morgan fingerprint density at radius 2 is 1.74 bits per heavy atom. The third-order valence-electron chi connectivity index (χ3n) is 3.58. The Kier molecular flexibility index (Phi) is 4.30. The molecule has 0 radical (unpaired) electrons. The van der Waals surface area contributed by atoms with E-state index in [0.717, 1.165) is 12.1 Å². The lowest BCUT2D eigenvalue weighted by molar-refractivity contribution is 0.0761. The van der Waals surface area contributed by atoms with Gasteiger partial charge < -0.3 is 9.67 Å². The zero-order valence-corrected chi connectivity index (χ0v) is 13.2. The quantitative estimate of drug-likeness (QED) is 0.910. The molecule has 3 heteroatoms. The molecule has 0 saturated carbocycles. The van der Waals surface area contributed by atoms with Crippen LogP contribution in [0.4, 0.5) is 0 Å². The van der Waals surface area contributed by atoms with Gasteiger partial charge in [-0.3, -0.25) is 4.79 Å². The first-order chi connectivity index (χ1) is 8.50. The number of nitrogens with zero attached hydrogens (tertiary/aromatic N) is 1. The van der Waals surface area contributed by atoms with Crippen LogP contribution >= 0.6 is 0 Å². The molecule has 0 amide bonds. The summed E-state index contributed by atoms with van der Waals surface area (Å²) in [5, 5.41) is 10.1. The standard InChI is InChI=1S/C16H27NO2/c1-8-11(2)17-13(15(3,4)5)10-9-12(14(17)18)16(6,7)19/h9-11,19H,8H2,1-7H3. The first-order valence-corrected chi connectivity index (χ1v) is 6.99. The van der Waals surface area contributed by atoms with Gasteiger partial charge in [-0.2, -0.15) is 0 Å². The number of rotatable bonds is 3. The molecule has 3 nitrogen and oxygen atoms in total. The minimum absolute atomic E-state index is 0.0747. The van der Waals surface area contributed by atoms with Crippen LogP contribution in [0.1, 0.15) is 72.2 Å². The highest BCUT2D eigenvalue weighted by Crippen LogP contribution is 2.26. The fourth-order valence-corrected chi connectivity index (χ4v) is 2.25. The summed E-state index contributed by atoms with van der Waals surface area (Å²) in [7, 11) is 0. The molecule has 1 heterocycles. The predicted octanol–water partition coefficient (Wildman–Crippen LogP) is 3.34. The van der Waals surface area contributed by atoms with E-state index in [1.54, 1.807) is 19.9 Å². The molecular formula is C16H27NO2. The van der Waals surface area contributed by atoms with Gasteiger partial charge in [0.15, 0.2) is 0 Å². The van der Waals surface area contributed by atoms with Gasteiger partial charge in [0.1, 0.15) is 0 Å². The van der Waals surface area contributed by atoms with Crippen molar-refractivity contribution in [2.45, 2.75) is 71.9 Å². The van der Waals surface area contributed by atoms with Crippen molar-refractivity contribution in [3.63, 3.8) is 0 Å². The molecule has 0 bridgehead atoms. The number of pyridine rings is 1. The molecule has 19 heavy (non-hydrogen) atoms. The van der Waals surface area contributed by atoms with Gasteiger partial charge in [-0.05, 0) is 39.3 Å². The Morgan fingerprint density at radius 3 is 2.11 bits per heavy atom. The Hall–Kier alpha value is -1.09. The highest BCUT2D eigenvalue weighted by Gasteiger charge is 2.27. The summed E-state index contributed by atoms with van der Waals surface area (Å²) in [5.41, 5.74) is 0.193. The summed E-state index contributed by atoms with van der Waals surface area (Å²) in [6.07, 6.45) is 0.887. The van der Waals surface area contributed by atoms with Gasteiger partial charge in [-0.1, -0.05) is 27.7 Å². The van der Waals surface area contributed by atoms with Crippen LogP contribution in [-0.4, -0.2) is 9.67 Å². The monoisotopic (exact) mass is 265 g/mol. The predicted molar refractivity (Wildman–Crippen MR) is 79.6 cm³/mol. The van der Waals surface area contributed by atoms with Crippen molar-refractivity contribution in [3.8, 4) is 0 Å². The third kappa shape index (κ3) is 3.27. The lowest BCUT2D eigenvalue weighted by Gasteiger charge is -2.29. The highest BCUT2D eigenvalue weighted by atomic mass is 16.3. The molecule has 0 aliphatic heterocycles. The Labute approximate surface area is 116 Å². The van der Waals surface area contributed by atoms with Crippen LogP contribution in [0.5, 0.6) is 0 Å². The van der Waals surface area contributed by atoms with E-state index < -0.39 is 5.60 Å². The number of aromatic nitrogens is 1. The maximum Gasteiger partial charge on any atom is 0.257 e. The second kappa shape index (κ2) is 5.12. The van der Waals surface area contributed by atoms with Gasteiger partial charge in [0, 0.05) is 22.7 Å². The molecule has 1 rings (SSSR count). The van der Waals surface area contributed by atoms with Crippen molar-refractivity contribution < 1.29 is 5.11 Å². The smallest absolute Gasteiger partial charge is 0.257 e. The molecule has 108 valence electrons. The summed E-state index contributed by atoms with van der Waals surface area (Å²) in [6.45, 7) is 13.7. The van der Waals surface area contributed by atoms with Crippen molar-refractivity contribution in [3.05, 3.63) is 33.7 Å². The van der Waals surface area contributed by atoms with Crippen LogP contribution in [0.2, 0.25) is 0 Å². The zero-order valence-electron chi connectivity index (χ0n) is 13.2. The zero-order chi connectivity index (χ0) is 15.0. The van der Waals surface area contributed by atoms with Gasteiger partial charge in [-0.25, -0.2) is 0 Å². The van der Waals surface area contributed by atoms with Crippen molar-refractivity contribution in [2.24, 2.45) is 0 Å². The van der Waals surface area contributed by atoms with Crippen molar-refractivity contribution in [1.29, 1.82) is 0 Å². The van der Waals surface area contributed by atoms with Crippen LogP contribution in [0.25, 0.3) is 0 Å². The molecule has 1 atom stereocenters. The molecule has 0 spiro atoms. The number of aliphatic hydroxyl groups is 1. The van der Waals surface area contributed by atoms with Crippen molar-refractivity contribution >= 4 is 0 Å². The van der Waals surface area contributed by atoms with E-state index >= 15 is 0 Å². The van der Waals surface area contributed by atoms with E-state index in [4.69, 9.17) is 0 Å². The van der Waals surface area contributed by atoms with Crippen LogP contribution < -0.4 is 5.56 Å². The molecule has 1 N–H and O–H groups in total. The van der Waals surface area contributed by atoms with Gasteiger partial charge in [0.25, 0.3) is 5.56 Å². The van der Waals surface area contributed by atoms with Gasteiger partial charge in [-0.15, -0.1) is 0 Å². The molecule has 0 aliphatic carbocycles. The fraction of sp³-hybridized carbons (Fsp3) is 0.688. The summed E-state index contributed by atoms with van der Waals surface area (Å²) >= 11 is 0. The molecule has 0 saturated heterocycles. The maximum absolute atomic E-state index is 12.7. The van der Waals surface area contributed by atoms with E-state index in [1.165, 1.54) is 0 Å². The van der Waals surface area contributed by atoms with Crippen molar-refractivity contribution in [2.75, 3.05) is 0 Å². The summed E-state index contributed by atoms with van der Waals surface area (Å²) < 4.78 is 1.84. The molecule has 0 fully saturated rings. The largest absolute Gasteiger partial charge is 0.386 e. The first kappa shape index (κ1) is 16.0. The highest BCUT2D eigenvalue weighted by molar-refractivity contribution is 5.25. The summed E-state index contributed by atoms with van der Waals surface area (Å²) in [6, 6.07) is 3.87. The van der Waals surface area contributed by atoms with Gasteiger partial charge >= 0.3 is 0 Å². The minimum Gasteiger partial charge on any atom is -0.386 e. The van der Waals surface area contributed by atoms with Gasteiger partial charge in [0.05, 0.1) is 5.60 Å². The molecule has 0 aliphatic rings. The SMILES string of the molecule is CCC(C)n1c(C(C)(C)C)ccc(C(C)(C)O)c1=O. The first-order valence-electron chi connectivity index (χ1n) is 6.99. The Morgan fingerprint density at radius 1 is 1.21 bits per heavy atom. The van der Waals surface area contributed by atoms with E-state index in [2.05, 4.69) is 27.7 Å². The maximum atomic E-state index is 12.7. The summed E-state index contributed by atoms with van der Waals surface area (Å²) in [5.74, 6) is 0. The average Bonchev–Trinajstić information content (AvgIpc) is 2.24. The van der Waals surface area contributed by atoms with E-state index in [9.17, 15) is 9.90 Å². The van der Waals surface area contributed by atoms with Gasteiger partial charge in [0.2, 0.25) is 0 Å². The number of hydrogen-bond donors (Lipinski definition) is 1. The molecule has 1 aromatic rings. The van der Waals surface area contributed by atoms with Crippen LogP contribution in [0, 0.1) is 0 Å². The van der Waals surface area contributed by atoms with E-state index in [0.29, 0.717) is 5.56 Å². The van der Waals surface area contributed by atoms with Crippen LogP contribution in [-0.2, 0) is 11.0 Å². The second-order valence-electron chi connectivity index (χ2n) is 6.87. The number of hydrogen-bond acceptors (Lipinski definition) is 2. The van der Waals surface area contributed by atoms with E-state index in [-0.39, 0.29) is 17.0 Å².